The molecule has 2 heterocycles. The molecule has 0 fully saturated rings. The summed E-state index contributed by atoms with van der Waals surface area (Å²) in [7, 11) is 0. The van der Waals surface area contributed by atoms with E-state index in [-0.39, 0.29) is 16.8 Å². The first kappa shape index (κ1) is 15.8. The quantitative estimate of drug-likeness (QED) is 0.580. The summed E-state index contributed by atoms with van der Waals surface area (Å²) in [5.41, 5.74) is 0. The van der Waals surface area contributed by atoms with Crippen molar-refractivity contribution < 1.29 is 27.2 Å². The van der Waals surface area contributed by atoms with Gasteiger partial charge in [-0.15, -0.1) is 0 Å². The van der Waals surface area contributed by atoms with Gasteiger partial charge in [-0.05, 0) is 24.3 Å². The molecule has 7 heteroatoms. The predicted octanol–water partition coefficient (Wildman–Crippen LogP) is 2.91. The molecule has 0 amide bonds. The summed E-state index contributed by atoms with van der Waals surface area (Å²) < 4.78 is 2.64. The van der Waals surface area contributed by atoms with E-state index in [1.54, 1.807) is 36.4 Å². The van der Waals surface area contributed by atoms with Gasteiger partial charge in [-0.1, -0.05) is 36.6 Å². The van der Waals surface area contributed by atoms with Gasteiger partial charge < -0.3 is 10.4 Å². The number of pyridine rings is 2. The maximum atomic E-state index is 8.73. The molecule has 0 aliphatic rings. The fraction of sp³-hybridized carbons (Fsp3) is 0. The van der Waals surface area contributed by atoms with Crippen molar-refractivity contribution in [2.24, 2.45) is 0 Å². The number of rotatable bonds is 0. The summed E-state index contributed by atoms with van der Waals surface area (Å²) in [5, 5.41) is 17.5. The zero-order valence-corrected chi connectivity index (χ0v) is 11.2. The Balaban J connectivity index is 0.000000284. The monoisotopic (exact) mass is 313 g/mol. The number of hydrogen-bond donors (Lipinski definition) is 2. The molecule has 0 aliphatic heterocycles. The molecule has 2 N–H and O–H groups in total. The van der Waals surface area contributed by atoms with Crippen LogP contribution in [0.15, 0.2) is 48.8 Å². The molecular formula is C10H10CoN2O2S2+2. The Morgan fingerprint density at radius 1 is 0.765 bits per heavy atom. The Morgan fingerprint density at radius 2 is 1.12 bits per heavy atom. The van der Waals surface area contributed by atoms with Gasteiger partial charge >= 0.3 is 16.8 Å². The van der Waals surface area contributed by atoms with Crippen molar-refractivity contribution in [3.8, 4) is 0 Å². The van der Waals surface area contributed by atoms with Crippen LogP contribution >= 0.6 is 24.4 Å². The number of nitrogens with zero attached hydrogens (tertiary/aromatic N) is 2. The van der Waals surface area contributed by atoms with Crippen molar-refractivity contribution in [1.29, 1.82) is 0 Å². The van der Waals surface area contributed by atoms with E-state index in [0.29, 0.717) is 9.28 Å². The van der Waals surface area contributed by atoms with Crippen LogP contribution in [-0.4, -0.2) is 19.9 Å². The Kier molecular flexibility index (Phi) is 7.47. The summed E-state index contributed by atoms with van der Waals surface area (Å²) in [6, 6.07) is 10.3. The first-order chi connectivity index (χ1) is 7.61. The SMILES string of the molecule is On1ccccc1=S.On1ccccc1=S.[Co+2]. The molecule has 0 unspecified atom stereocenters. The van der Waals surface area contributed by atoms with E-state index in [0.717, 1.165) is 9.46 Å². The molecule has 17 heavy (non-hydrogen) atoms. The van der Waals surface area contributed by atoms with Gasteiger partial charge in [0.05, 0.1) is 0 Å². The van der Waals surface area contributed by atoms with Crippen molar-refractivity contribution >= 4 is 24.4 Å². The van der Waals surface area contributed by atoms with Crippen LogP contribution in [0, 0.1) is 9.28 Å². The van der Waals surface area contributed by atoms with Crippen LogP contribution in [0.5, 0.6) is 0 Å². The number of hydrogen-bond acceptors (Lipinski definition) is 4. The second-order valence-corrected chi connectivity index (χ2v) is 3.60. The van der Waals surface area contributed by atoms with E-state index in [2.05, 4.69) is 24.4 Å². The maximum Gasteiger partial charge on any atom is 2.00 e. The molecule has 0 saturated carbocycles. The van der Waals surface area contributed by atoms with Crippen LogP contribution in [0.4, 0.5) is 0 Å². The Morgan fingerprint density at radius 3 is 1.29 bits per heavy atom. The Hall–Kier alpha value is -1.15. The zero-order valence-electron chi connectivity index (χ0n) is 8.56. The van der Waals surface area contributed by atoms with E-state index < -0.39 is 0 Å². The van der Waals surface area contributed by atoms with Gasteiger partial charge in [0.15, 0.2) is 0 Å². The van der Waals surface area contributed by atoms with Gasteiger partial charge in [0.2, 0.25) is 0 Å². The third kappa shape index (κ3) is 5.64. The van der Waals surface area contributed by atoms with E-state index >= 15 is 0 Å². The van der Waals surface area contributed by atoms with E-state index in [1.807, 2.05) is 0 Å². The normalized spacial score (nSPS) is 8.47. The molecule has 0 spiro atoms. The molecule has 1 radical (unpaired) electrons. The first-order valence-electron chi connectivity index (χ1n) is 4.35. The number of aromatic nitrogens is 2. The summed E-state index contributed by atoms with van der Waals surface area (Å²) in [5.74, 6) is 0. The maximum absolute atomic E-state index is 8.73. The molecule has 0 saturated heterocycles. The van der Waals surface area contributed by atoms with Crippen molar-refractivity contribution in [2.75, 3.05) is 0 Å². The second-order valence-electron chi connectivity index (χ2n) is 2.77. The second kappa shape index (κ2) is 8.01. The minimum Gasteiger partial charge on any atom is -0.428 e. The van der Waals surface area contributed by atoms with Crippen LogP contribution in [0.25, 0.3) is 0 Å². The third-order valence-electron chi connectivity index (χ3n) is 1.61. The summed E-state index contributed by atoms with van der Waals surface area (Å²) in [4.78, 5) is 0. The molecule has 0 bridgehead atoms. The van der Waals surface area contributed by atoms with Gasteiger partial charge in [0.25, 0.3) is 0 Å². The van der Waals surface area contributed by atoms with Gasteiger partial charge in [0.1, 0.15) is 9.28 Å². The van der Waals surface area contributed by atoms with Gasteiger partial charge in [0, 0.05) is 12.4 Å². The van der Waals surface area contributed by atoms with Crippen LogP contribution in [0.1, 0.15) is 0 Å². The molecule has 2 aromatic heterocycles. The van der Waals surface area contributed by atoms with Crippen molar-refractivity contribution in [2.45, 2.75) is 0 Å². The van der Waals surface area contributed by atoms with Crippen LogP contribution in [-0.2, 0) is 16.8 Å². The van der Waals surface area contributed by atoms with Crippen LogP contribution in [0.3, 0.4) is 0 Å². The topological polar surface area (TPSA) is 50.3 Å². The van der Waals surface area contributed by atoms with Gasteiger partial charge in [-0.25, -0.2) is 0 Å². The minimum absolute atomic E-state index is 0. The standard InChI is InChI=1S/2C5H5NOS.Co/c2*7-6-4-2-1-3-5(6)8;/h2*1-4,7H;/q;;+2. The molecule has 2 aromatic rings. The minimum atomic E-state index is 0. The zero-order chi connectivity index (χ0) is 12.0. The van der Waals surface area contributed by atoms with Crippen molar-refractivity contribution in [3.05, 3.63) is 58.1 Å². The Labute approximate surface area is 119 Å². The van der Waals surface area contributed by atoms with Crippen LogP contribution < -0.4 is 0 Å². The smallest absolute Gasteiger partial charge is 0.428 e. The van der Waals surface area contributed by atoms with Crippen molar-refractivity contribution in [3.63, 3.8) is 0 Å². The fourth-order valence-electron chi connectivity index (χ4n) is 0.838. The van der Waals surface area contributed by atoms with Crippen LogP contribution in [0.2, 0.25) is 0 Å². The predicted molar refractivity (Wildman–Crippen MR) is 64.9 cm³/mol. The van der Waals surface area contributed by atoms with E-state index in [9.17, 15) is 0 Å². The Bertz CT molecular complexity index is 517. The molecular weight excluding hydrogens is 303 g/mol. The van der Waals surface area contributed by atoms with Gasteiger partial charge in [-0.3, -0.25) is 0 Å². The first-order valence-corrected chi connectivity index (χ1v) is 5.17. The largest absolute Gasteiger partial charge is 2.00 e. The fourth-order valence-corrected chi connectivity index (χ4v) is 1.12. The van der Waals surface area contributed by atoms with E-state index in [1.165, 1.54) is 12.4 Å². The molecule has 0 aromatic carbocycles. The van der Waals surface area contributed by atoms with E-state index in [4.69, 9.17) is 10.4 Å². The summed E-state index contributed by atoms with van der Waals surface area (Å²) in [6.07, 6.45) is 2.98. The molecule has 2 rings (SSSR count). The third-order valence-corrected chi connectivity index (χ3v) is 2.25. The molecule has 91 valence electrons. The molecule has 0 aliphatic carbocycles. The average Bonchev–Trinajstić information content (AvgIpc) is 2.28. The molecule has 0 atom stereocenters. The van der Waals surface area contributed by atoms with Crippen molar-refractivity contribution in [1.82, 2.24) is 9.46 Å². The summed E-state index contributed by atoms with van der Waals surface area (Å²) in [6.45, 7) is 0. The van der Waals surface area contributed by atoms with Gasteiger partial charge in [-0.2, -0.15) is 9.46 Å². The summed E-state index contributed by atoms with van der Waals surface area (Å²) >= 11 is 9.33. The molecule has 4 nitrogen and oxygen atoms in total. The average molecular weight is 313 g/mol.